The zero-order valence-corrected chi connectivity index (χ0v) is 22.7. The van der Waals surface area contributed by atoms with E-state index in [0.717, 1.165) is 29.5 Å². The molecule has 2 aromatic rings. The Morgan fingerprint density at radius 2 is 2.08 bits per heavy atom. The zero-order valence-electron chi connectivity index (χ0n) is 22.7. The molecule has 39 heavy (non-hydrogen) atoms. The summed E-state index contributed by atoms with van der Waals surface area (Å²) in [6.45, 7) is 6.18. The van der Waals surface area contributed by atoms with Crippen LogP contribution in [0.5, 0.6) is 0 Å². The van der Waals surface area contributed by atoms with Crippen molar-refractivity contribution in [2.24, 2.45) is 11.8 Å². The number of benzene rings is 1. The molecule has 0 saturated carbocycles. The fourth-order valence-electron chi connectivity index (χ4n) is 7.63. The molecule has 1 aromatic carbocycles. The summed E-state index contributed by atoms with van der Waals surface area (Å²) in [4.78, 5) is 49.4. The Hall–Kier alpha value is -3.21. The largest absolute Gasteiger partial charge is 0.361 e. The van der Waals surface area contributed by atoms with Gasteiger partial charge in [0.1, 0.15) is 12.1 Å². The first kappa shape index (κ1) is 24.8. The molecule has 1 aliphatic carbocycles. The minimum Gasteiger partial charge on any atom is -0.361 e. The number of rotatable bonds is 3. The number of hydrogen-bond acceptors (Lipinski definition) is 6. The lowest BCUT2D eigenvalue weighted by atomic mass is 9.79. The van der Waals surface area contributed by atoms with Crippen LogP contribution in [0.4, 0.5) is 0 Å². The fraction of sp³-hybridized carbons (Fsp3) is 0.552. The van der Waals surface area contributed by atoms with Gasteiger partial charge in [-0.3, -0.25) is 28.9 Å². The molecular formula is C29H35N5O5. The van der Waals surface area contributed by atoms with Gasteiger partial charge in [0.2, 0.25) is 17.5 Å². The predicted molar refractivity (Wildman–Crippen MR) is 143 cm³/mol. The molecule has 6 atom stereocenters. The quantitative estimate of drug-likeness (QED) is 0.549. The van der Waals surface area contributed by atoms with Gasteiger partial charge in [0.25, 0.3) is 11.8 Å². The second kappa shape index (κ2) is 8.16. The average molecular weight is 534 g/mol. The van der Waals surface area contributed by atoms with Crippen LogP contribution in [0.15, 0.2) is 30.5 Å². The van der Waals surface area contributed by atoms with Gasteiger partial charge in [-0.2, -0.15) is 0 Å². The third kappa shape index (κ3) is 3.28. The lowest BCUT2D eigenvalue weighted by Crippen LogP contribution is -2.72. The number of H-pyrrole nitrogens is 1. The molecule has 3 fully saturated rings. The molecule has 4 aliphatic heterocycles. The van der Waals surface area contributed by atoms with Crippen molar-refractivity contribution in [1.82, 2.24) is 25.0 Å². The van der Waals surface area contributed by atoms with Crippen LogP contribution in [-0.4, -0.2) is 92.4 Å². The van der Waals surface area contributed by atoms with Crippen molar-refractivity contribution < 1.29 is 24.2 Å². The molecule has 7 rings (SSSR count). The Balaban J connectivity index is 1.21. The van der Waals surface area contributed by atoms with Gasteiger partial charge in [-0.1, -0.05) is 32.1 Å². The zero-order chi connectivity index (χ0) is 27.4. The SMILES string of the molecule is CC(C)C1C(=O)N2CCC[C@H]2[C@]2(O)O[C@@](C)(NC(=O)C3C=C4c5cccc6[nH]cc(c56)C[C@H]4N(C)C3)C(=O)N12. The minimum absolute atomic E-state index is 0.156. The van der Waals surface area contributed by atoms with Crippen LogP contribution >= 0.6 is 0 Å². The third-order valence-electron chi connectivity index (χ3n) is 9.43. The van der Waals surface area contributed by atoms with Crippen molar-refractivity contribution in [1.29, 1.82) is 0 Å². The van der Waals surface area contributed by atoms with E-state index < -0.39 is 35.5 Å². The van der Waals surface area contributed by atoms with Crippen molar-refractivity contribution in [3.8, 4) is 0 Å². The van der Waals surface area contributed by atoms with Gasteiger partial charge in [0.15, 0.2) is 0 Å². The Bertz CT molecular complexity index is 1450. The number of carbonyl (C=O) groups is 3. The number of nitrogens with zero attached hydrogens (tertiary/aromatic N) is 3. The number of ether oxygens (including phenoxy) is 1. The van der Waals surface area contributed by atoms with Gasteiger partial charge >= 0.3 is 0 Å². The van der Waals surface area contributed by atoms with E-state index in [1.165, 1.54) is 22.8 Å². The molecule has 0 spiro atoms. The van der Waals surface area contributed by atoms with Gasteiger partial charge in [-0.25, -0.2) is 0 Å². The van der Waals surface area contributed by atoms with Crippen LogP contribution in [0.25, 0.3) is 16.5 Å². The molecule has 10 heteroatoms. The van der Waals surface area contributed by atoms with Crippen LogP contribution in [0.3, 0.4) is 0 Å². The standard InChI is InChI=1S/C29H35N5O5/c1-15(2)24-26(36)33-10-6-9-22(33)29(38)34(24)27(37)28(3,39-29)31-25(35)17-11-19-18-7-5-8-20-23(18)16(13-30-20)12-21(19)32(4)14-17/h5,7-8,11,13,15,17,21-22,24,30,38H,6,9-10,12,14H2,1-4H3,(H,31,35)/t17?,21-,22+,24?,28-,29+/m1/s1. The van der Waals surface area contributed by atoms with Crippen molar-refractivity contribution >= 4 is 34.2 Å². The third-order valence-corrected chi connectivity index (χ3v) is 9.43. The van der Waals surface area contributed by atoms with Crippen LogP contribution in [0, 0.1) is 11.8 Å². The van der Waals surface area contributed by atoms with Gasteiger partial charge in [-0.15, -0.1) is 0 Å². The maximum Gasteiger partial charge on any atom is 0.280 e. The van der Waals surface area contributed by atoms with Crippen LogP contribution in [-0.2, 0) is 25.5 Å². The number of carbonyl (C=O) groups excluding carboxylic acids is 3. The summed E-state index contributed by atoms with van der Waals surface area (Å²) in [5, 5.41) is 15.9. The van der Waals surface area contributed by atoms with E-state index in [1.54, 1.807) is 4.90 Å². The second-order valence-corrected chi connectivity index (χ2v) is 12.3. The first-order valence-corrected chi connectivity index (χ1v) is 13.9. The number of nitrogens with one attached hydrogen (secondary N) is 2. The van der Waals surface area contributed by atoms with Crippen LogP contribution < -0.4 is 5.32 Å². The molecule has 3 saturated heterocycles. The maximum atomic E-state index is 13.9. The van der Waals surface area contributed by atoms with Crippen molar-refractivity contribution in [3.63, 3.8) is 0 Å². The summed E-state index contributed by atoms with van der Waals surface area (Å²) in [5.41, 5.74) is 2.78. The highest BCUT2D eigenvalue weighted by Gasteiger charge is 2.70. The predicted octanol–water partition coefficient (Wildman–Crippen LogP) is 1.40. The molecule has 3 N–H and O–H groups in total. The van der Waals surface area contributed by atoms with E-state index >= 15 is 0 Å². The number of likely N-dealkylation sites (N-methyl/N-ethyl adjacent to an activating group) is 1. The summed E-state index contributed by atoms with van der Waals surface area (Å²) >= 11 is 0. The fourth-order valence-corrected chi connectivity index (χ4v) is 7.63. The Morgan fingerprint density at radius 3 is 2.85 bits per heavy atom. The lowest BCUT2D eigenvalue weighted by Gasteiger charge is -2.49. The highest BCUT2D eigenvalue weighted by molar-refractivity contribution is 6.00. The smallest absolute Gasteiger partial charge is 0.280 e. The molecule has 1 aromatic heterocycles. The number of aromatic amines is 1. The molecule has 10 nitrogen and oxygen atoms in total. The number of hydrogen-bond donors (Lipinski definition) is 3. The first-order valence-electron chi connectivity index (χ1n) is 13.9. The number of piperazine rings is 1. The van der Waals surface area contributed by atoms with Gasteiger partial charge < -0.3 is 20.3 Å². The van der Waals surface area contributed by atoms with E-state index in [0.29, 0.717) is 19.5 Å². The molecule has 2 unspecified atom stereocenters. The summed E-state index contributed by atoms with van der Waals surface area (Å²) in [6, 6.07) is 4.81. The van der Waals surface area contributed by atoms with E-state index in [9.17, 15) is 19.5 Å². The molecule has 5 heterocycles. The summed E-state index contributed by atoms with van der Waals surface area (Å²) in [6.07, 6.45) is 6.19. The minimum atomic E-state index is -1.99. The Kier molecular flexibility index (Phi) is 5.19. The van der Waals surface area contributed by atoms with E-state index in [2.05, 4.69) is 33.5 Å². The molecule has 206 valence electrons. The normalized spacial score (nSPS) is 35.8. The average Bonchev–Trinajstić information content (AvgIpc) is 3.59. The van der Waals surface area contributed by atoms with E-state index in [-0.39, 0.29) is 23.8 Å². The highest BCUT2D eigenvalue weighted by atomic mass is 16.7. The number of aromatic nitrogens is 1. The van der Waals surface area contributed by atoms with Gasteiger partial charge in [-0.05, 0) is 61.9 Å². The molecule has 0 radical (unpaired) electrons. The molecule has 5 aliphatic rings. The van der Waals surface area contributed by atoms with Crippen molar-refractivity contribution in [2.45, 2.75) is 69.8 Å². The number of amides is 3. The maximum absolute atomic E-state index is 13.9. The van der Waals surface area contributed by atoms with E-state index in [4.69, 9.17) is 4.74 Å². The Morgan fingerprint density at radius 1 is 1.28 bits per heavy atom. The number of fused-ring (bicyclic) bond motifs is 5. The van der Waals surface area contributed by atoms with Crippen molar-refractivity contribution in [3.05, 3.63) is 41.6 Å². The summed E-state index contributed by atoms with van der Waals surface area (Å²) in [7, 11) is 2.02. The summed E-state index contributed by atoms with van der Waals surface area (Å²) in [5.74, 6) is -3.87. The van der Waals surface area contributed by atoms with Gasteiger partial charge in [0, 0.05) is 36.2 Å². The first-order chi connectivity index (χ1) is 18.5. The lowest BCUT2D eigenvalue weighted by molar-refractivity contribution is -0.317. The topological polar surface area (TPSA) is 118 Å². The van der Waals surface area contributed by atoms with Crippen LogP contribution in [0.1, 0.15) is 44.7 Å². The van der Waals surface area contributed by atoms with Crippen LogP contribution in [0.2, 0.25) is 0 Å². The summed E-state index contributed by atoms with van der Waals surface area (Å²) < 4.78 is 6.14. The highest BCUT2D eigenvalue weighted by Crippen LogP contribution is 2.47. The van der Waals surface area contributed by atoms with Crippen molar-refractivity contribution in [2.75, 3.05) is 20.1 Å². The molecule has 0 bridgehead atoms. The van der Waals surface area contributed by atoms with E-state index in [1.807, 2.05) is 33.0 Å². The monoisotopic (exact) mass is 533 g/mol. The molecular weight excluding hydrogens is 498 g/mol. The number of aliphatic hydroxyl groups is 1. The van der Waals surface area contributed by atoms with Gasteiger partial charge in [0.05, 0.1) is 5.92 Å². The Labute approximate surface area is 226 Å². The second-order valence-electron chi connectivity index (χ2n) is 12.3. The molecule has 3 amide bonds.